The third-order valence-electron chi connectivity index (χ3n) is 12.9. The largest absolute Gasteiger partial charge is 0.469 e. The number of carbonyl (C=O) groups is 1. The molecule has 5 unspecified atom stereocenters. The van der Waals surface area contributed by atoms with Crippen LogP contribution in [0.15, 0.2) is 0 Å². The van der Waals surface area contributed by atoms with Crippen molar-refractivity contribution in [2.75, 3.05) is 46.4 Å². The first-order valence-corrected chi connectivity index (χ1v) is 17.8. The first-order valence-electron chi connectivity index (χ1n) is 17.8. The van der Waals surface area contributed by atoms with E-state index in [1.807, 2.05) is 0 Å². The third kappa shape index (κ3) is 7.91. The number of nitrogens with one attached hydrogen (secondary N) is 3. The van der Waals surface area contributed by atoms with Crippen molar-refractivity contribution in [3.8, 4) is 0 Å². The van der Waals surface area contributed by atoms with Crippen molar-refractivity contribution in [1.82, 2.24) is 16.0 Å². The predicted molar refractivity (Wildman–Crippen MR) is 172 cm³/mol. The van der Waals surface area contributed by atoms with Crippen molar-refractivity contribution in [1.29, 1.82) is 0 Å². The SMILES string of the molecule is COC(=O)CCC(C)[C@H]1CCC2C3C[C@@H](O)[C@H]4CC(NCCCNCCCCNCCCN)CC[C@]4(C)C3CC[C@@]21C. The monoisotopic (exact) mass is 591 g/mol. The minimum Gasteiger partial charge on any atom is -0.469 e. The average Bonchev–Trinajstić information content (AvgIpc) is 3.34. The second-order valence-electron chi connectivity index (χ2n) is 15.2. The van der Waals surface area contributed by atoms with Gasteiger partial charge < -0.3 is 31.5 Å². The minimum atomic E-state index is -0.162. The highest BCUT2D eigenvalue weighted by molar-refractivity contribution is 5.69. The number of fused-ring (bicyclic) bond motifs is 5. The molecule has 6 N–H and O–H groups in total. The van der Waals surface area contributed by atoms with Gasteiger partial charge in [0.1, 0.15) is 0 Å². The van der Waals surface area contributed by atoms with Crippen LogP contribution < -0.4 is 21.7 Å². The molecule has 0 heterocycles. The number of unbranched alkanes of at least 4 members (excludes halogenated alkanes) is 1. The number of nitrogens with two attached hydrogens (primary N) is 1. The minimum absolute atomic E-state index is 0.0739. The Kier molecular flexibility index (Phi) is 13.0. The van der Waals surface area contributed by atoms with E-state index in [9.17, 15) is 9.90 Å². The Labute approximate surface area is 257 Å². The summed E-state index contributed by atoms with van der Waals surface area (Å²) in [6.07, 6.45) is 15.9. The summed E-state index contributed by atoms with van der Waals surface area (Å²) in [7, 11) is 1.50. The summed E-state index contributed by atoms with van der Waals surface area (Å²) in [6, 6.07) is 0.550. The van der Waals surface area contributed by atoms with Crippen LogP contribution >= 0.6 is 0 Å². The molecule has 4 saturated carbocycles. The number of ether oxygens (including phenoxy) is 1. The lowest BCUT2D eigenvalue weighted by atomic mass is 9.43. The number of hydrogen-bond donors (Lipinski definition) is 5. The van der Waals surface area contributed by atoms with E-state index in [1.54, 1.807) is 0 Å². The standard InChI is InChI=1S/C35H66N4O3/c1-25(9-12-33(41)42-4)28-10-11-29-27-24-32(40)31-23-26(13-15-35(31,3)30(27)14-16-34(28,29)2)39-22-8-21-38-19-6-5-18-37-20-7-17-36/h25-32,37-40H,5-24,36H2,1-4H3/t25?,26?,27?,28-,29?,30?,31-,32-,34-,35-/m1/s1. The molecule has 42 heavy (non-hydrogen) atoms. The zero-order chi connectivity index (χ0) is 30.2. The Hall–Kier alpha value is -0.730. The lowest BCUT2D eigenvalue weighted by Gasteiger charge is -2.62. The Morgan fingerprint density at radius 1 is 0.881 bits per heavy atom. The molecule has 7 heteroatoms. The van der Waals surface area contributed by atoms with Gasteiger partial charge >= 0.3 is 5.97 Å². The fourth-order valence-electron chi connectivity index (χ4n) is 10.6. The number of aliphatic hydroxyl groups is 1. The van der Waals surface area contributed by atoms with E-state index in [1.165, 1.54) is 64.9 Å². The maximum absolute atomic E-state index is 11.8. The molecule has 0 radical (unpaired) electrons. The first-order chi connectivity index (χ1) is 20.2. The van der Waals surface area contributed by atoms with E-state index < -0.39 is 0 Å². The van der Waals surface area contributed by atoms with Crippen LogP contribution in [0.4, 0.5) is 0 Å². The van der Waals surface area contributed by atoms with E-state index in [4.69, 9.17) is 10.5 Å². The number of esters is 1. The van der Waals surface area contributed by atoms with Crippen LogP contribution in [0, 0.1) is 46.3 Å². The second kappa shape index (κ2) is 16.0. The van der Waals surface area contributed by atoms with E-state index in [-0.39, 0.29) is 17.5 Å². The van der Waals surface area contributed by atoms with Gasteiger partial charge in [0.05, 0.1) is 13.2 Å². The van der Waals surface area contributed by atoms with Crippen molar-refractivity contribution in [3.63, 3.8) is 0 Å². The lowest BCUT2D eigenvalue weighted by Crippen LogP contribution is -2.59. The fraction of sp³-hybridized carbons (Fsp3) is 0.971. The molecule has 0 saturated heterocycles. The average molecular weight is 591 g/mol. The van der Waals surface area contributed by atoms with Crippen LogP contribution in [0.25, 0.3) is 0 Å². The lowest BCUT2D eigenvalue weighted by molar-refractivity contribution is -0.162. The molecule has 0 aliphatic heterocycles. The van der Waals surface area contributed by atoms with Gasteiger partial charge in [-0.3, -0.25) is 4.79 Å². The van der Waals surface area contributed by atoms with Gasteiger partial charge in [0.2, 0.25) is 0 Å². The smallest absolute Gasteiger partial charge is 0.305 e. The highest BCUT2D eigenvalue weighted by atomic mass is 16.5. The molecule has 10 atom stereocenters. The Morgan fingerprint density at radius 3 is 2.26 bits per heavy atom. The Bertz CT molecular complexity index is 828. The second-order valence-corrected chi connectivity index (χ2v) is 15.2. The summed E-state index contributed by atoms with van der Waals surface area (Å²) in [4.78, 5) is 11.8. The molecule has 0 bridgehead atoms. The summed E-state index contributed by atoms with van der Waals surface area (Å²) < 4.78 is 4.93. The van der Waals surface area contributed by atoms with Crippen molar-refractivity contribution in [2.24, 2.45) is 52.1 Å². The topological polar surface area (TPSA) is 109 Å². The number of methoxy groups -OCH3 is 1. The van der Waals surface area contributed by atoms with Gasteiger partial charge in [-0.25, -0.2) is 0 Å². The van der Waals surface area contributed by atoms with Crippen LogP contribution in [0.1, 0.15) is 111 Å². The zero-order valence-corrected chi connectivity index (χ0v) is 27.6. The van der Waals surface area contributed by atoms with Crippen LogP contribution in [0.3, 0.4) is 0 Å². The molecule has 4 aliphatic rings. The maximum atomic E-state index is 11.8. The summed E-state index contributed by atoms with van der Waals surface area (Å²) in [5.41, 5.74) is 6.16. The zero-order valence-electron chi connectivity index (χ0n) is 27.6. The summed E-state index contributed by atoms with van der Waals surface area (Å²) in [5.74, 6) is 3.75. The third-order valence-corrected chi connectivity index (χ3v) is 12.9. The predicted octanol–water partition coefficient (Wildman–Crippen LogP) is 4.86. The Morgan fingerprint density at radius 2 is 1.55 bits per heavy atom. The van der Waals surface area contributed by atoms with Gasteiger partial charge in [-0.15, -0.1) is 0 Å². The van der Waals surface area contributed by atoms with Gasteiger partial charge in [-0.2, -0.15) is 0 Å². The molecule has 4 aliphatic carbocycles. The number of hydrogen-bond acceptors (Lipinski definition) is 7. The van der Waals surface area contributed by atoms with E-state index in [0.29, 0.717) is 41.5 Å². The molecule has 0 aromatic carbocycles. The molecule has 4 rings (SSSR count). The highest BCUT2D eigenvalue weighted by Crippen LogP contribution is 2.68. The van der Waals surface area contributed by atoms with Gasteiger partial charge in [0, 0.05) is 12.5 Å². The number of carbonyl (C=O) groups excluding carboxylic acids is 1. The highest BCUT2D eigenvalue weighted by Gasteiger charge is 2.62. The summed E-state index contributed by atoms with van der Waals surface area (Å²) in [6.45, 7) is 13.6. The van der Waals surface area contributed by atoms with Crippen molar-refractivity contribution in [2.45, 2.75) is 123 Å². The Balaban J connectivity index is 1.20. The summed E-state index contributed by atoms with van der Waals surface area (Å²) >= 11 is 0. The van der Waals surface area contributed by atoms with Crippen LogP contribution in [0.2, 0.25) is 0 Å². The van der Waals surface area contributed by atoms with Gasteiger partial charge in [0.25, 0.3) is 0 Å². The van der Waals surface area contributed by atoms with Crippen molar-refractivity contribution >= 4 is 5.97 Å². The summed E-state index contributed by atoms with van der Waals surface area (Å²) in [5, 5.41) is 22.6. The van der Waals surface area contributed by atoms with Crippen molar-refractivity contribution in [3.05, 3.63) is 0 Å². The van der Waals surface area contributed by atoms with Crippen LogP contribution in [0.5, 0.6) is 0 Å². The maximum Gasteiger partial charge on any atom is 0.305 e. The van der Waals surface area contributed by atoms with Gasteiger partial charge in [-0.05, 0) is 169 Å². The fourth-order valence-corrected chi connectivity index (χ4v) is 10.6. The molecule has 0 amide bonds. The molecule has 4 fully saturated rings. The van der Waals surface area contributed by atoms with Crippen LogP contribution in [-0.4, -0.2) is 69.6 Å². The van der Waals surface area contributed by atoms with Gasteiger partial charge in [-0.1, -0.05) is 20.8 Å². The quantitative estimate of drug-likeness (QED) is 0.122. The molecule has 7 nitrogen and oxygen atoms in total. The van der Waals surface area contributed by atoms with Gasteiger partial charge in [0.15, 0.2) is 0 Å². The van der Waals surface area contributed by atoms with Crippen molar-refractivity contribution < 1.29 is 14.6 Å². The normalized spacial score (nSPS) is 38.4. The molecular weight excluding hydrogens is 524 g/mol. The van der Waals surface area contributed by atoms with E-state index in [0.717, 1.165) is 76.8 Å². The van der Waals surface area contributed by atoms with Crippen LogP contribution in [-0.2, 0) is 9.53 Å². The van der Waals surface area contributed by atoms with E-state index >= 15 is 0 Å². The molecule has 0 aromatic rings. The first kappa shape index (κ1) is 34.1. The number of aliphatic hydroxyl groups excluding tert-OH is 1. The van der Waals surface area contributed by atoms with E-state index in [2.05, 4.69) is 36.7 Å². The number of rotatable bonds is 17. The molecular formula is C35H66N4O3. The molecule has 0 aromatic heterocycles. The molecule has 244 valence electrons. The molecule has 0 spiro atoms.